The molecule has 0 fully saturated rings. The van der Waals surface area contributed by atoms with E-state index in [0.717, 1.165) is 0 Å². The fraction of sp³-hybridized carbons (Fsp3) is 0.167. The van der Waals surface area contributed by atoms with E-state index in [1.807, 2.05) is 0 Å². The predicted octanol–water partition coefficient (Wildman–Crippen LogP) is 5.15. The molecule has 0 aliphatic rings. The van der Waals surface area contributed by atoms with Gasteiger partial charge in [-0.05, 0) is 48.0 Å². The van der Waals surface area contributed by atoms with E-state index in [-0.39, 0.29) is 12.4 Å². The fourth-order valence-corrected chi connectivity index (χ4v) is 3.14. The van der Waals surface area contributed by atoms with Crippen molar-refractivity contribution in [3.8, 4) is 45.8 Å². The van der Waals surface area contributed by atoms with Gasteiger partial charge in [-0.2, -0.15) is 4.98 Å². The molecule has 32 heavy (non-hydrogen) atoms. The number of ether oxygens (including phenoxy) is 4. The highest BCUT2D eigenvalue weighted by molar-refractivity contribution is 5.67. The summed E-state index contributed by atoms with van der Waals surface area (Å²) in [5, 5.41) is 4.08. The molecular weight excluding hydrogens is 415 g/mol. The Labute approximate surface area is 184 Å². The first-order valence-electron chi connectivity index (χ1n) is 9.73. The lowest BCUT2D eigenvalue weighted by molar-refractivity contribution is 0.284. The quantitative estimate of drug-likeness (QED) is 0.378. The summed E-state index contributed by atoms with van der Waals surface area (Å²) in [7, 11) is 4.68. The first-order valence-corrected chi connectivity index (χ1v) is 9.73. The van der Waals surface area contributed by atoms with E-state index in [1.54, 1.807) is 62.8 Å². The Balaban J connectivity index is 1.57. The van der Waals surface area contributed by atoms with Crippen molar-refractivity contribution < 1.29 is 27.9 Å². The Morgan fingerprint density at radius 1 is 0.844 bits per heavy atom. The van der Waals surface area contributed by atoms with Crippen LogP contribution in [0.15, 0.2) is 65.2 Å². The zero-order chi connectivity index (χ0) is 22.5. The largest absolute Gasteiger partial charge is 0.497 e. The van der Waals surface area contributed by atoms with E-state index >= 15 is 0 Å². The van der Waals surface area contributed by atoms with Gasteiger partial charge in [0.1, 0.15) is 23.9 Å². The summed E-state index contributed by atoms with van der Waals surface area (Å²) in [5.74, 6) is 2.60. The van der Waals surface area contributed by atoms with Crippen LogP contribution >= 0.6 is 0 Å². The smallest absolute Gasteiger partial charge is 0.262 e. The number of methoxy groups -OCH3 is 3. The minimum absolute atomic E-state index is 0.205. The number of rotatable bonds is 8. The van der Waals surface area contributed by atoms with Gasteiger partial charge >= 0.3 is 0 Å². The molecule has 0 N–H and O–H groups in total. The lowest BCUT2D eigenvalue weighted by atomic mass is 10.1. The Hall–Kier alpha value is -4.07. The monoisotopic (exact) mass is 436 g/mol. The molecule has 0 atom stereocenters. The van der Waals surface area contributed by atoms with Gasteiger partial charge in [0, 0.05) is 11.6 Å². The van der Waals surface area contributed by atoms with Crippen LogP contribution in [0.5, 0.6) is 23.0 Å². The van der Waals surface area contributed by atoms with Gasteiger partial charge in [-0.1, -0.05) is 17.3 Å². The molecule has 3 aromatic carbocycles. The summed E-state index contributed by atoms with van der Waals surface area (Å²) >= 11 is 0. The lowest BCUT2D eigenvalue weighted by Crippen LogP contribution is -1.98. The molecule has 4 rings (SSSR count). The number of halogens is 1. The third kappa shape index (κ3) is 4.49. The van der Waals surface area contributed by atoms with Crippen molar-refractivity contribution in [3.05, 3.63) is 72.0 Å². The van der Waals surface area contributed by atoms with E-state index in [9.17, 15) is 4.39 Å². The van der Waals surface area contributed by atoms with Gasteiger partial charge in [0.25, 0.3) is 5.89 Å². The fourth-order valence-electron chi connectivity index (χ4n) is 3.14. The molecule has 0 saturated heterocycles. The predicted molar refractivity (Wildman–Crippen MR) is 116 cm³/mol. The molecule has 8 heteroatoms. The normalized spacial score (nSPS) is 10.6. The van der Waals surface area contributed by atoms with Gasteiger partial charge in [-0.3, -0.25) is 0 Å². The molecule has 0 aliphatic heterocycles. The average Bonchev–Trinajstić information content (AvgIpc) is 3.32. The summed E-state index contributed by atoms with van der Waals surface area (Å²) < 4.78 is 40.7. The van der Waals surface area contributed by atoms with Crippen LogP contribution in [0.1, 0.15) is 5.56 Å². The SMILES string of the molecule is COc1ccc(-c2nc(-c3ccc(OCc4cccc(F)c4)c(OC)c3)no2)c(OC)c1. The number of nitrogens with zero attached hydrogens (tertiary/aromatic N) is 2. The highest BCUT2D eigenvalue weighted by Gasteiger charge is 2.17. The molecule has 0 amide bonds. The summed E-state index contributed by atoms with van der Waals surface area (Å²) in [4.78, 5) is 4.49. The summed E-state index contributed by atoms with van der Waals surface area (Å²) in [6.07, 6.45) is 0. The molecule has 1 aromatic heterocycles. The zero-order valence-corrected chi connectivity index (χ0v) is 17.8. The molecule has 1 heterocycles. The molecule has 4 aromatic rings. The Morgan fingerprint density at radius 3 is 2.44 bits per heavy atom. The number of hydrogen-bond acceptors (Lipinski definition) is 7. The number of benzene rings is 3. The molecule has 0 bridgehead atoms. The number of aromatic nitrogens is 2. The van der Waals surface area contributed by atoms with Crippen LogP contribution in [-0.2, 0) is 6.61 Å². The van der Waals surface area contributed by atoms with Crippen LogP contribution in [0.4, 0.5) is 4.39 Å². The van der Waals surface area contributed by atoms with Crippen molar-refractivity contribution in [2.75, 3.05) is 21.3 Å². The summed E-state index contributed by atoms with van der Waals surface area (Å²) in [6.45, 7) is 0.205. The molecule has 0 spiro atoms. The van der Waals surface area contributed by atoms with Gasteiger partial charge in [0.2, 0.25) is 5.82 Å². The van der Waals surface area contributed by atoms with Gasteiger partial charge in [0.05, 0.1) is 26.9 Å². The average molecular weight is 436 g/mol. The van der Waals surface area contributed by atoms with Crippen LogP contribution < -0.4 is 18.9 Å². The van der Waals surface area contributed by atoms with Crippen molar-refractivity contribution >= 4 is 0 Å². The van der Waals surface area contributed by atoms with Crippen LogP contribution in [0.25, 0.3) is 22.8 Å². The lowest BCUT2D eigenvalue weighted by Gasteiger charge is -2.11. The van der Waals surface area contributed by atoms with Gasteiger partial charge in [-0.25, -0.2) is 4.39 Å². The van der Waals surface area contributed by atoms with Crippen LogP contribution in [0.3, 0.4) is 0 Å². The van der Waals surface area contributed by atoms with Crippen molar-refractivity contribution in [3.63, 3.8) is 0 Å². The van der Waals surface area contributed by atoms with Gasteiger partial charge in [0.15, 0.2) is 11.5 Å². The number of hydrogen-bond donors (Lipinski definition) is 0. The maximum absolute atomic E-state index is 13.4. The molecule has 0 unspecified atom stereocenters. The van der Waals surface area contributed by atoms with Crippen LogP contribution in [0.2, 0.25) is 0 Å². The van der Waals surface area contributed by atoms with Crippen LogP contribution in [0, 0.1) is 5.82 Å². The van der Waals surface area contributed by atoms with E-state index in [4.69, 9.17) is 23.5 Å². The second kappa shape index (κ2) is 9.38. The topological polar surface area (TPSA) is 75.8 Å². The Morgan fingerprint density at radius 2 is 1.69 bits per heavy atom. The highest BCUT2D eigenvalue weighted by Crippen LogP contribution is 2.35. The first kappa shape index (κ1) is 21.2. The third-order valence-corrected chi connectivity index (χ3v) is 4.77. The highest BCUT2D eigenvalue weighted by atomic mass is 19.1. The molecule has 0 aliphatic carbocycles. The minimum Gasteiger partial charge on any atom is -0.497 e. The van der Waals surface area contributed by atoms with Gasteiger partial charge < -0.3 is 23.5 Å². The maximum atomic E-state index is 13.4. The van der Waals surface area contributed by atoms with Crippen molar-refractivity contribution in [1.82, 2.24) is 10.1 Å². The molecular formula is C24H21FN2O5. The Kier molecular flexibility index (Phi) is 6.21. The van der Waals surface area contributed by atoms with Crippen molar-refractivity contribution in [1.29, 1.82) is 0 Å². The van der Waals surface area contributed by atoms with Crippen LogP contribution in [-0.4, -0.2) is 31.5 Å². The van der Waals surface area contributed by atoms with E-state index in [0.29, 0.717) is 51.4 Å². The molecule has 0 saturated carbocycles. The zero-order valence-electron chi connectivity index (χ0n) is 17.8. The summed E-state index contributed by atoms with van der Waals surface area (Å²) in [5.41, 5.74) is 2.05. The molecule has 7 nitrogen and oxygen atoms in total. The van der Waals surface area contributed by atoms with Crippen molar-refractivity contribution in [2.24, 2.45) is 0 Å². The van der Waals surface area contributed by atoms with E-state index in [2.05, 4.69) is 10.1 Å². The molecule has 164 valence electrons. The van der Waals surface area contributed by atoms with Gasteiger partial charge in [-0.15, -0.1) is 0 Å². The third-order valence-electron chi connectivity index (χ3n) is 4.77. The van der Waals surface area contributed by atoms with Crippen molar-refractivity contribution in [2.45, 2.75) is 6.61 Å². The maximum Gasteiger partial charge on any atom is 0.262 e. The minimum atomic E-state index is -0.310. The van der Waals surface area contributed by atoms with E-state index < -0.39 is 0 Å². The Bertz CT molecular complexity index is 1220. The molecule has 0 radical (unpaired) electrons. The first-order chi connectivity index (χ1) is 15.6. The second-order valence-electron chi connectivity index (χ2n) is 6.77. The second-order valence-corrected chi connectivity index (χ2v) is 6.77. The summed E-state index contributed by atoms with van der Waals surface area (Å²) in [6, 6.07) is 16.9. The standard InChI is InChI=1S/C24H21FN2O5/c1-28-18-8-9-19(21(13-18)29-2)24-26-23(27-32-24)16-7-10-20(22(12-16)30-3)31-14-15-5-4-6-17(25)11-15/h4-13H,14H2,1-3H3. The van der Waals surface area contributed by atoms with E-state index in [1.165, 1.54) is 19.2 Å².